The average Bonchev–Trinajstić information content (AvgIpc) is 3.14. The van der Waals surface area contributed by atoms with Gasteiger partial charge in [-0.3, -0.25) is 0 Å². The van der Waals surface area contributed by atoms with Crippen LogP contribution in [0.15, 0.2) is 24.4 Å². The van der Waals surface area contributed by atoms with Crippen molar-refractivity contribution in [3.05, 3.63) is 47.0 Å². The summed E-state index contributed by atoms with van der Waals surface area (Å²) >= 11 is 5.77. The van der Waals surface area contributed by atoms with Crippen LogP contribution < -0.4 is 0 Å². The van der Waals surface area contributed by atoms with Gasteiger partial charge in [0.2, 0.25) is 5.28 Å². The SMILES string of the molecule is Fc1ccc(-c2cnc(Cl)nc2C2CC2)c(F)c1. The van der Waals surface area contributed by atoms with E-state index in [1.165, 1.54) is 18.3 Å². The molecular formula is C13H9ClF2N2. The van der Waals surface area contributed by atoms with E-state index >= 15 is 0 Å². The molecule has 2 nitrogen and oxygen atoms in total. The van der Waals surface area contributed by atoms with Gasteiger partial charge in [-0.15, -0.1) is 0 Å². The molecule has 1 fully saturated rings. The third-order valence-electron chi connectivity index (χ3n) is 2.97. The van der Waals surface area contributed by atoms with Crippen molar-refractivity contribution in [2.75, 3.05) is 0 Å². The zero-order chi connectivity index (χ0) is 12.7. The molecule has 5 heteroatoms. The molecule has 0 N–H and O–H groups in total. The Morgan fingerprint density at radius 2 is 1.94 bits per heavy atom. The molecule has 0 radical (unpaired) electrons. The van der Waals surface area contributed by atoms with Gasteiger partial charge in [0.15, 0.2) is 0 Å². The van der Waals surface area contributed by atoms with Gasteiger partial charge in [-0.2, -0.15) is 0 Å². The lowest BCUT2D eigenvalue weighted by Gasteiger charge is -2.08. The molecule has 0 atom stereocenters. The van der Waals surface area contributed by atoms with E-state index in [0.717, 1.165) is 24.6 Å². The van der Waals surface area contributed by atoms with Crippen molar-refractivity contribution in [2.24, 2.45) is 0 Å². The maximum Gasteiger partial charge on any atom is 0.222 e. The molecule has 0 bridgehead atoms. The normalized spacial score (nSPS) is 14.8. The van der Waals surface area contributed by atoms with Crippen LogP contribution in [0.1, 0.15) is 24.5 Å². The van der Waals surface area contributed by atoms with Crippen LogP contribution in [0.2, 0.25) is 5.28 Å². The average molecular weight is 267 g/mol. The lowest BCUT2D eigenvalue weighted by Crippen LogP contribution is -1.97. The van der Waals surface area contributed by atoms with Gasteiger partial charge in [0.1, 0.15) is 11.6 Å². The van der Waals surface area contributed by atoms with E-state index in [4.69, 9.17) is 11.6 Å². The molecule has 1 aromatic heterocycles. The summed E-state index contributed by atoms with van der Waals surface area (Å²) in [5.41, 5.74) is 1.66. The second-order valence-corrected chi connectivity index (χ2v) is 4.67. The molecule has 0 amide bonds. The van der Waals surface area contributed by atoms with Crippen molar-refractivity contribution < 1.29 is 8.78 Å². The highest BCUT2D eigenvalue weighted by molar-refractivity contribution is 6.28. The van der Waals surface area contributed by atoms with E-state index in [0.29, 0.717) is 17.0 Å². The Morgan fingerprint density at radius 1 is 1.17 bits per heavy atom. The first kappa shape index (κ1) is 11.5. The number of halogens is 3. The molecule has 0 aliphatic heterocycles. The van der Waals surface area contributed by atoms with E-state index in [9.17, 15) is 8.78 Å². The molecule has 1 saturated carbocycles. The fourth-order valence-corrected chi connectivity index (χ4v) is 2.10. The second-order valence-electron chi connectivity index (χ2n) is 4.34. The Morgan fingerprint density at radius 3 is 2.61 bits per heavy atom. The van der Waals surface area contributed by atoms with Crippen LogP contribution in [0.3, 0.4) is 0 Å². The Bertz CT molecular complexity index is 612. The van der Waals surface area contributed by atoms with Gasteiger partial charge in [-0.05, 0) is 36.6 Å². The van der Waals surface area contributed by atoms with Crippen molar-refractivity contribution >= 4 is 11.6 Å². The minimum Gasteiger partial charge on any atom is -0.226 e. The summed E-state index contributed by atoms with van der Waals surface area (Å²) in [7, 11) is 0. The van der Waals surface area contributed by atoms with Gasteiger partial charge in [0, 0.05) is 29.3 Å². The van der Waals surface area contributed by atoms with Crippen molar-refractivity contribution in [1.29, 1.82) is 0 Å². The zero-order valence-corrected chi connectivity index (χ0v) is 10.1. The van der Waals surface area contributed by atoms with Gasteiger partial charge >= 0.3 is 0 Å². The highest BCUT2D eigenvalue weighted by Crippen LogP contribution is 2.43. The molecule has 0 spiro atoms. The zero-order valence-electron chi connectivity index (χ0n) is 9.33. The largest absolute Gasteiger partial charge is 0.226 e. The van der Waals surface area contributed by atoms with E-state index in [-0.39, 0.29) is 5.28 Å². The minimum absolute atomic E-state index is 0.156. The third-order valence-corrected chi connectivity index (χ3v) is 3.16. The van der Waals surface area contributed by atoms with Crippen LogP contribution in [0.4, 0.5) is 8.78 Å². The molecule has 0 saturated heterocycles. The van der Waals surface area contributed by atoms with Crippen LogP contribution in [0.5, 0.6) is 0 Å². The molecule has 2 aromatic rings. The van der Waals surface area contributed by atoms with Crippen LogP contribution in [-0.4, -0.2) is 9.97 Å². The molecule has 1 aliphatic rings. The Hall–Kier alpha value is -1.55. The maximum atomic E-state index is 13.8. The Labute approximate surface area is 108 Å². The highest BCUT2D eigenvalue weighted by Gasteiger charge is 2.29. The molecular weight excluding hydrogens is 258 g/mol. The lowest BCUT2D eigenvalue weighted by atomic mass is 10.0. The monoisotopic (exact) mass is 266 g/mol. The lowest BCUT2D eigenvalue weighted by molar-refractivity contribution is 0.585. The van der Waals surface area contributed by atoms with E-state index in [1.54, 1.807) is 0 Å². The summed E-state index contributed by atoms with van der Waals surface area (Å²) in [5.74, 6) is -0.896. The van der Waals surface area contributed by atoms with E-state index in [2.05, 4.69) is 9.97 Å². The maximum absolute atomic E-state index is 13.8. The van der Waals surface area contributed by atoms with Gasteiger partial charge in [0.25, 0.3) is 0 Å². The van der Waals surface area contributed by atoms with Crippen molar-refractivity contribution in [1.82, 2.24) is 9.97 Å². The number of benzene rings is 1. The summed E-state index contributed by atoms with van der Waals surface area (Å²) < 4.78 is 26.7. The fraction of sp³-hybridized carbons (Fsp3) is 0.231. The summed E-state index contributed by atoms with van der Waals surface area (Å²) in [6.45, 7) is 0. The molecule has 1 aliphatic carbocycles. The van der Waals surface area contributed by atoms with Crippen molar-refractivity contribution in [2.45, 2.75) is 18.8 Å². The number of hydrogen-bond donors (Lipinski definition) is 0. The first-order chi connectivity index (χ1) is 8.65. The van der Waals surface area contributed by atoms with Gasteiger partial charge in [0.05, 0.1) is 5.69 Å². The Kier molecular flexibility index (Phi) is 2.74. The molecule has 0 unspecified atom stereocenters. The molecule has 18 heavy (non-hydrogen) atoms. The smallest absolute Gasteiger partial charge is 0.222 e. The molecule has 1 heterocycles. The number of nitrogens with zero attached hydrogens (tertiary/aromatic N) is 2. The minimum atomic E-state index is -0.608. The third kappa shape index (κ3) is 2.08. The predicted octanol–water partition coefficient (Wildman–Crippen LogP) is 3.95. The van der Waals surface area contributed by atoms with Crippen molar-refractivity contribution in [3.8, 4) is 11.1 Å². The van der Waals surface area contributed by atoms with Crippen LogP contribution in [-0.2, 0) is 0 Å². The summed E-state index contributed by atoms with van der Waals surface area (Å²) in [5, 5.41) is 0.156. The Balaban J connectivity index is 2.16. The number of aromatic nitrogens is 2. The quantitative estimate of drug-likeness (QED) is 0.769. The topological polar surface area (TPSA) is 25.8 Å². The van der Waals surface area contributed by atoms with Crippen LogP contribution >= 0.6 is 11.6 Å². The summed E-state index contributed by atoms with van der Waals surface area (Å²) in [6.07, 6.45) is 3.53. The van der Waals surface area contributed by atoms with Crippen molar-refractivity contribution in [3.63, 3.8) is 0 Å². The summed E-state index contributed by atoms with van der Waals surface area (Å²) in [4.78, 5) is 8.05. The van der Waals surface area contributed by atoms with E-state index in [1.807, 2.05) is 0 Å². The van der Waals surface area contributed by atoms with Gasteiger partial charge in [-0.25, -0.2) is 18.7 Å². The number of hydrogen-bond acceptors (Lipinski definition) is 2. The fourth-order valence-electron chi connectivity index (χ4n) is 1.96. The number of rotatable bonds is 2. The molecule has 92 valence electrons. The van der Waals surface area contributed by atoms with Crippen LogP contribution in [0.25, 0.3) is 11.1 Å². The first-order valence-corrected chi connectivity index (χ1v) is 6.01. The molecule has 3 rings (SSSR count). The van der Waals surface area contributed by atoms with Gasteiger partial charge in [-0.1, -0.05) is 0 Å². The van der Waals surface area contributed by atoms with Gasteiger partial charge < -0.3 is 0 Å². The standard InChI is InChI=1S/C13H9ClF2N2/c14-13-17-6-10(12(18-13)7-1-2-7)9-4-3-8(15)5-11(9)16/h3-7H,1-2H2. The second kappa shape index (κ2) is 4.28. The van der Waals surface area contributed by atoms with Crippen LogP contribution in [0, 0.1) is 11.6 Å². The predicted molar refractivity (Wildman–Crippen MR) is 64.4 cm³/mol. The first-order valence-electron chi connectivity index (χ1n) is 5.63. The molecule has 1 aromatic carbocycles. The highest BCUT2D eigenvalue weighted by atomic mass is 35.5. The summed E-state index contributed by atoms with van der Waals surface area (Å²) in [6, 6.07) is 3.49. The van der Waals surface area contributed by atoms with E-state index < -0.39 is 11.6 Å².